The molecule has 6 heteroatoms. The van der Waals surface area contributed by atoms with Gasteiger partial charge >= 0.3 is 0 Å². The lowest BCUT2D eigenvalue weighted by molar-refractivity contribution is -0.690. The summed E-state index contributed by atoms with van der Waals surface area (Å²) >= 11 is 1.59. The van der Waals surface area contributed by atoms with Gasteiger partial charge in [0.2, 0.25) is 0 Å². The number of hydrogen-bond donors (Lipinski definition) is 1. The first-order chi connectivity index (χ1) is 8.65. The number of hydrogen-bond acceptors (Lipinski definition) is 5. The maximum atomic E-state index is 10.8. The van der Waals surface area contributed by atoms with Crippen LogP contribution in [0, 0.1) is 0 Å². The molecular weight excluding hydrogens is 254 g/mol. The third-order valence-corrected chi connectivity index (χ3v) is 4.24. The Bertz CT molecular complexity index is 452. The van der Waals surface area contributed by atoms with Gasteiger partial charge in [0, 0.05) is 5.56 Å². The van der Waals surface area contributed by atoms with Crippen molar-refractivity contribution in [2.24, 2.45) is 0 Å². The van der Waals surface area contributed by atoms with Crippen molar-refractivity contribution in [1.29, 1.82) is 0 Å². The van der Waals surface area contributed by atoms with E-state index in [-0.39, 0.29) is 5.37 Å². The van der Waals surface area contributed by atoms with Crippen LogP contribution in [-0.2, 0) is 4.79 Å². The van der Waals surface area contributed by atoms with Gasteiger partial charge in [0.25, 0.3) is 0 Å². The predicted molar refractivity (Wildman–Crippen MR) is 65.5 cm³/mol. The summed E-state index contributed by atoms with van der Waals surface area (Å²) in [5.74, 6) is 0.869. The first kappa shape index (κ1) is 13.0. The van der Waals surface area contributed by atoms with Crippen molar-refractivity contribution < 1.29 is 24.7 Å². The van der Waals surface area contributed by atoms with Crippen LogP contribution in [-0.4, -0.2) is 32.0 Å². The van der Waals surface area contributed by atoms with E-state index < -0.39 is 12.0 Å². The molecule has 1 aromatic rings. The highest BCUT2D eigenvalue weighted by Gasteiger charge is 2.31. The zero-order valence-electron chi connectivity index (χ0n) is 10.2. The van der Waals surface area contributed by atoms with E-state index in [0.29, 0.717) is 17.3 Å². The lowest BCUT2D eigenvalue weighted by Crippen LogP contribution is -2.90. The van der Waals surface area contributed by atoms with Crippen LogP contribution in [0.15, 0.2) is 18.2 Å². The standard InChI is InChI=1S/C12H15NO4S/c1-16-9-4-3-7(5-10(9)17-2)11-13-8(6-18-11)12(14)15/h3-5,8,11,13H,6H2,1-2H3,(H,14,15). The average Bonchev–Trinajstić information content (AvgIpc) is 2.87. The van der Waals surface area contributed by atoms with E-state index in [1.165, 1.54) is 0 Å². The van der Waals surface area contributed by atoms with Crippen molar-refractivity contribution in [2.75, 3.05) is 20.0 Å². The van der Waals surface area contributed by atoms with Gasteiger partial charge in [-0.05, 0) is 18.2 Å². The van der Waals surface area contributed by atoms with E-state index in [0.717, 1.165) is 5.56 Å². The van der Waals surface area contributed by atoms with Crippen LogP contribution in [0.5, 0.6) is 11.5 Å². The van der Waals surface area contributed by atoms with Gasteiger partial charge < -0.3 is 24.7 Å². The zero-order valence-corrected chi connectivity index (χ0v) is 11.0. The highest BCUT2D eigenvalue weighted by Crippen LogP contribution is 2.33. The minimum Gasteiger partial charge on any atom is -0.544 e. The van der Waals surface area contributed by atoms with E-state index in [1.807, 2.05) is 18.2 Å². The molecule has 1 heterocycles. The van der Waals surface area contributed by atoms with Gasteiger partial charge in [0.05, 0.1) is 20.0 Å². The van der Waals surface area contributed by atoms with E-state index in [1.54, 1.807) is 31.3 Å². The Morgan fingerprint density at radius 2 is 2.11 bits per heavy atom. The molecule has 2 rings (SSSR count). The number of rotatable bonds is 4. The molecule has 2 N–H and O–H groups in total. The molecule has 0 spiro atoms. The van der Waals surface area contributed by atoms with Gasteiger partial charge in [-0.2, -0.15) is 0 Å². The quantitative estimate of drug-likeness (QED) is 0.769. The maximum Gasteiger partial charge on any atom is 0.161 e. The van der Waals surface area contributed by atoms with Gasteiger partial charge in [-0.15, -0.1) is 0 Å². The van der Waals surface area contributed by atoms with Crippen molar-refractivity contribution >= 4 is 17.7 Å². The summed E-state index contributed by atoms with van der Waals surface area (Å²) in [5, 5.41) is 12.7. The van der Waals surface area contributed by atoms with Crippen molar-refractivity contribution in [3.63, 3.8) is 0 Å². The molecule has 0 radical (unpaired) electrons. The lowest BCUT2D eigenvalue weighted by atomic mass is 10.2. The smallest absolute Gasteiger partial charge is 0.161 e. The van der Waals surface area contributed by atoms with Crippen LogP contribution in [0.25, 0.3) is 0 Å². The Balaban J connectivity index is 2.17. The summed E-state index contributed by atoms with van der Waals surface area (Å²) < 4.78 is 10.4. The first-order valence-electron chi connectivity index (χ1n) is 5.55. The third kappa shape index (κ3) is 2.54. The number of carboxylic acids is 1. The van der Waals surface area contributed by atoms with E-state index in [9.17, 15) is 9.90 Å². The van der Waals surface area contributed by atoms with Gasteiger partial charge in [-0.1, -0.05) is 11.8 Å². The fourth-order valence-corrected chi connectivity index (χ4v) is 3.21. The predicted octanol–water partition coefficient (Wildman–Crippen LogP) is -0.869. The molecule has 0 saturated carbocycles. The summed E-state index contributed by atoms with van der Waals surface area (Å²) in [7, 11) is 3.16. The summed E-state index contributed by atoms with van der Waals surface area (Å²) in [4.78, 5) is 10.8. The second-order valence-corrected chi connectivity index (χ2v) is 5.16. The summed E-state index contributed by atoms with van der Waals surface area (Å²) in [6, 6.07) is 5.15. The van der Waals surface area contributed by atoms with Gasteiger partial charge in [0.15, 0.2) is 16.9 Å². The monoisotopic (exact) mass is 269 g/mol. The Morgan fingerprint density at radius 1 is 1.39 bits per heavy atom. The SMILES string of the molecule is COc1ccc(C2[NH2+]C(C(=O)[O-])CS2)cc1OC. The highest BCUT2D eigenvalue weighted by molar-refractivity contribution is 7.99. The number of ether oxygens (including phenoxy) is 2. The van der Waals surface area contributed by atoms with Gasteiger partial charge in [0.1, 0.15) is 12.0 Å². The number of methoxy groups -OCH3 is 2. The Kier molecular flexibility index (Phi) is 3.98. The van der Waals surface area contributed by atoms with Crippen molar-refractivity contribution in [2.45, 2.75) is 11.4 Å². The third-order valence-electron chi connectivity index (χ3n) is 2.90. The van der Waals surface area contributed by atoms with Crippen LogP contribution >= 0.6 is 11.8 Å². The number of carbonyl (C=O) groups is 1. The number of carboxylic acid groups (broad SMARTS) is 1. The molecular formula is C12H15NO4S. The highest BCUT2D eigenvalue weighted by atomic mass is 32.2. The molecule has 1 saturated heterocycles. The Labute approximate surface area is 109 Å². The molecule has 1 aromatic carbocycles. The largest absolute Gasteiger partial charge is 0.544 e. The Morgan fingerprint density at radius 3 is 2.67 bits per heavy atom. The fourth-order valence-electron chi connectivity index (χ4n) is 1.91. The first-order valence-corrected chi connectivity index (χ1v) is 6.60. The molecule has 2 unspecified atom stereocenters. The number of quaternary nitrogens is 1. The minimum atomic E-state index is -1.01. The van der Waals surface area contributed by atoms with Crippen molar-refractivity contribution in [1.82, 2.24) is 0 Å². The minimum absolute atomic E-state index is 0.0627. The number of aliphatic carboxylic acids is 1. The molecule has 0 amide bonds. The number of thioether (sulfide) groups is 1. The summed E-state index contributed by atoms with van der Waals surface area (Å²) in [6.45, 7) is 0. The fraction of sp³-hybridized carbons (Fsp3) is 0.417. The molecule has 0 aromatic heterocycles. The van der Waals surface area contributed by atoms with E-state index in [2.05, 4.69) is 0 Å². The van der Waals surface area contributed by atoms with E-state index in [4.69, 9.17) is 9.47 Å². The molecule has 1 fully saturated rings. The van der Waals surface area contributed by atoms with Crippen molar-refractivity contribution in [3.8, 4) is 11.5 Å². The van der Waals surface area contributed by atoms with Crippen LogP contribution in [0.2, 0.25) is 0 Å². The summed E-state index contributed by atoms with van der Waals surface area (Å²) in [6.07, 6.45) is 0. The molecule has 0 bridgehead atoms. The average molecular weight is 269 g/mol. The van der Waals surface area contributed by atoms with Crippen molar-refractivity contribution in [3.05, 3.63) is 23.8 Å². The molecule has 1 aliphatic heterocycles. The topological polar surface area (TPSA) is 75.2 Å². The van der Waals surface area contributed by atoms with Gasteiger partial charge in [-0.25, -0.2) is 0 Å². The van der Waals surface area contributed by atoms with Crippen LogP contribution in [0.3, 0.4) is 0 Å². The van der Waals surface area contributed by atoms with Crippen LogP contribution in [0.4, 0.5) is 0 Å². The Hall–Kier alpha value is -1.40. The van der Waals surface area contributed by atoms with Crippen LogP contribution < -0.4 is 19.9 Å². The molecule has 18 heavy (non-hydrogen) atoms. The zero-order chi connectivity index (χ0) is 13.1. The van der Waals surface area contributed by atoms with E-state index >= 15 is 0 Å². The number of nitrogens with two attached hydrogens (primary N) is 1. The number of benzene rings is 1. The number of carbonyl (C=O) groups excluding carboxylic acids is 1. The van der Waals surface area contributed by atoms with Crippen LogP contribution in [0.1, 0.15) is 10.9 Å². The molecule has 2 atom stereocenters. The van der Waals surface area contributed by atoms with Gasteiger partial charge in [-0.3, -0.25) is 0 Å². The molecule has 5 nitrogen and oxygen atoms in total. The molecule has 1 aliphatic rings. The molecule has 0 aliphatic carbocycles. The molecule has 98 valence electrons. The second kappa shape index (κ2) is 5.49. The lowest BCUT2D eigenvalue weighted by Gasteiger charge is -2.13. The summed E-state index contributed by atoms with van der Waals surface area (Å²) in [5.41, 5.74) is 1.02. The maximum absolute atomic E-state index is 10.8. The second-order valence-electron chi connectivity index (χ2n) is 3.99. The normalized spacial score (nSPS) is 22.8.